The van der Waals surface area contributed by atoms with Crippen molar-refractivity contribution in [1.29, 1.82) is 0 Å². The largest absolute Gasteiger partial charge is 0.489 e. The Hall–Kier alpha value is -2.33. The predicted molar refractivity (Wildman–Crippen MR) is 106 cm³/mol. The number of benzene rings is 2. The van der Waals surface area contributed by atoms with Gasteiger partial charge in [0.25, 0.3) is 0 Å². The summed E-state index contributed by atoms with van der Waals surface area (Å²) >= 11 is 3.53. The molecule has 2 aromatic rings. The van der Waals surface area contributed by atoms with E-state index in [1.807, 2.05) is 47.4 Å². The predicted octanol–water partition coefficient (Wildman–Crippen LogP) is 5.19. The molecular formula is C22H20BrNO2. The van der Waals surface area contributed by atoms with Gasteiger partial charge >= 0.3 is 0 Å². The zero-order valence-electron chi connectivity index (χ0n) is 14.3. The third-order valence-corrected chi connectivity index (χ3v) is 5.37. The molecule has 0 aromatic heterocycles. The van der Waals surface area contributed by atoms with Gasteiger partial charge in [0.15, 0.2) is 0 Å². The van der Waals surface area contributed by atoms with Crippen LogP contribution in [0.5, 0.6) is 5.75 Å². The van der Waals surface area contributed by atoms with E-state index < -0.39 is 0 Å². The van der Waals surface area contributed by atoms with Gasteiger partial charge in [-0.15, -0.1) is 0 Å². The molecule has 132 valence electrons. The molecule has 2 aliphatic rings. The van der Waals surface area contributed by atoms with Crippen LogP contribution in [0.2, 0.25) is 0 Å². The summed E-state index contributed by atoms with van der Waals surface area (Å²) in [5.74, 6) is 1.04. The molecule has 3 nitrogen and oxygen atoms in total. The molecule has 1 aliphatic heterocycles. The number of carbonyl (C=O) groups excluding carboxylic acids is 1. The summed E-state index contributed by atoms with van der Waals surface area (Å²) in [6.45, 7) is 0.511. The molecule has 1 fully saturated rings. The normalized spacial score (nSPS) is 21.6. The monoisotopic (exact) mass is 409 g/mol. The summed E-state index contributed by atoms with van der Waals surface area (Å²) < 4.78 is 7.11. The number of ether oxygens (including phenoxy) is 1. The van der Waals surface area contributed by atoms with E-state index in [1.165, 1.54) is 0 Å². The first-order valence-electron chi connectivity index (χ1n) is 8.83. The van der Waals surface area contributed by atoms with Crippen molar-refractivity contribution in [2.24, 2.45) is 0 Å². The SMILES string of the molecule is O=C1CC(c2ccc(Br)cc2OCc2ccccc2)N1C1C=CC=CC1. The fraction of sp³-hybridized carbons (Fsp3) is 0.227. The highest BCUT2D eigenvalue weighted by Crippen LogP contribution is 2.42. The van der Waals surface area contributed by atoms with Gasteiger partial charge in [-0.05, 0) is 24.1 Å². The van der Waals surface area contributed by atoms with Crippen LogP contribution in [-0.4, -0.2) is 16.8 Å². The molecule has 1 amide bonds. The summed E-state index contributed by atoms with van der Waals surface area (Å²) in [6.07, 6.45) is 9.68. The lowest BCUT2D eigenvalue weighted by Crippen LogP contribution is -2.51. The molecular weight excluding hydrogens is 390 g/mol. The van der Waals surface area contributed by atoms with Crippen LogP contribution >= 0.6 is 15.9 Å². The van der Waals surface area contributed by atoms with Gasteiger partial charge in [-0.3, -0.25) is 4.79 Å². The van der Waals surface area contributed by atoms with Crippen molar-refractivity contribution < 1.29 is 9.53 Å². The lowest BCUT2D eigenvalue weighted by molar-refractivity contribution is -0.148. The Morgan fingerprint density at radius 3 is 2.69 bits per heavy atom. The first-order valence-corrected chi connectivity index (χ1v) is 9.62. The van der Waals surface area contributed by atoms with Crippen LogP contribution < -0.4 is 4.74 Å². The number of rotatable bonds is 5. The lowest BCUT2D eigenvalue weighted by Gasteiger charge is -2.45. The molecule has 0 spiro atoms. The highest BCUT2D eigenvalue weighted by Gasteiger charge is 2.42. The topological polar surface area (TPSA) is 29.5 Å². The molecule has 2 aromatic carbocycles. The van der Waals surface area contributed by atoms with Crippen molar-refractivity contribution in [2.75, 3.05) is 0 Å². The second-order valence-corrected chi connectivity index (χ2v) is 7.51. The van der Waals surface area contributed by atoms with E-state index in [1.54, 1.807) is 0 Å². The summed E-state index contributed by atoms with van der Waals surface area (Å²) in [7, 11) is 0. The molecule has 4 rings (SSSR count). The van der Waals surface area contributed by atoms with Gasteiger partial charge in [-0.1, -0.05) is 76.6 Å². The number of likely N-dealkylation sites (tertiary alicyclic amines) is 1. The number of nitrogens with zero attached hydrogens (tertiary/aromatic N) is 1. The van der Waals surface area contributed by atoms with Crippen LogP contribution in [0.25, 0.3) is 0 Å². The number of carbonyl (C=O) groups is 1. The van der Waals surface area contributed by atoms with Crippen LogP contribution in [0.3, 0.4) is 0 Å². The Balaban J connectivity index is 1.57. The van der Waals surface area contributed by atoms with Crippen LogP contribution in [0, 0.1) is 0 Å². The molecule has 1 aliphatic carbocycles. The maximum Gasteiger partial charge on any atom is 0.226 e. The van der Waals surface area contributed by atoms with E-state index >= 15 is 0 Å². The lowest BCUT2D eigenvalue weighted by atomic mass is 9.89. The first kappa shape index (κ1) is 17.1. The standard InChI is InChI=1S/C22H20BrNO2/c23-17-11-12-19(21(13-17)26-15-16-7-3-1-4-8-16)20-14-22(25)24(20)18-9-5-2-6-10-18/h1-9,11-13,18,20H,10,14-15H2. The molecule has 1 heterocycles. The Labute approximate surface area is 162 Å². The molecule has 0 N–H and O–H groups in total. The van der Waals surface area contributed by atoms with Gasteiger partial charge in [0, 0.05) is 10.0 Å². The zero-order valence-corrected chi connectivity index (χ0v) is 15.9. The fourth-order valence-corrected chi connectivity index (χ4v) is 3.86. The van der Waals surface area contributed by atoms with Crippen molar-refractivity contribution >= 4 is 21.8 Å². The van der Waals surface area contributed by atoms with Crippen LogP contribution in [0.15, 0.2) is 77.3 Å². The highest BCUT2D eigenvalue weighted by atomic mass is 79.9. The van der Waals surface area contributed by atoms with E-state index in [4.69, 9.17) is 4.74 Å². The van der Waals surface area contributed by atoms with Gasteiger partial charge < -0.3 is 9.64 Å². The van der Waals surface area contributed by atoms with E-state index in [0.29, 0.717) is 13.0 Å². The molecule has 26 heavy (non-hydrogen) atoms. The van der Waals surface area contributed by atoms with Crippen LogP contribution in [0.1, 0.15) is 30.0 Å². The van der Waals surface area contributed by atoms with Crippen molar-refractivity contribution in [1.82, 2.24) is 4.90 Å². The van der Waals surface area contributed by atoms with Gasteiger partial charge in [-0.2, -0.15) is 0 Å². The maximum absolute atomic E-state index is 12.3. The Bertz CT molecular complexity index is 860. The second kappa shape index (κ2) is 7.50. The minimum absolute atomic E-state index is 0.0718. The van der Waals surface area contributed by atoms with E-state index in [-0.39, 0.29) is 18.0 Å². The van der Waals surface area contributed by atoms with E-state index in [2.05, 4.69) is 46.3 Å². The number of amides is 1. The minimum Gasteiger partial charge on any atom is -0.489 e. The number of β-lactam (4-membered cyclic amide) rings is 1. The summed E-state index contributed by atoms with van der Waals surface area (Å²) in [5.41, 5.74) is 2.20. The molecule has 1 saturated heterocycles. The van der Waals surface area contributed by atoms with Crippen molar-refractivity contribution in [3.8, 4) is 5.75 Å². The average molecular weight is 410 g/mol. The summed E-state index contributed by atoms with van der Waals surface area (Å²) in [5, 5.41) is 0. The average Bonchev–Trinajstić information content (AvgIpc) is 2.66. The second-order valence-electron chi connectivity index (χ2n) is 6.59. The van der Waals surface area contributed by atoms with Gasteiger partial charge in [-0.25, -0.2) is 0 Å². The van der Waals surface area contributed by atoms with Gasteiger partial charge in [0.2, 0.25) is 5.91 Å². The molecule has 0 saturated carbocycles. The van der Waals surface area contributed by atoms with E-state index in [9.17, 15) is 4.79 Å². The fourth-order valence-electron chi connectivity index (χ4n) is 3.52. The van der Waals surface area contributed by atoms with Crippen molar-refractivity contribution in [3.63, 3.8) is 0 Å². The summed E-state index contributed by atoms with van der Waals surface area (Å²) in [4.78, 5) is 14.3. The quantitative estimate of drug-likeness (QED) is 0.636. The molecule has 0 radical (unpaired) electrons. The van der Waals surface area contributed by atoms with Gasteiger partial charge in [0.1, 0.15) is 12.4 Å². The number of allylic oxidation sites excluding steroid dienone is 2. The Morgan fingerprint density at radius 2 is 1.96 bits per heavy atom. The smallest absolute Gasteiger partial charge is 0.226 e. The van der Waals surface area contributed by atoms with Crippen molar-refractivity contribution in [2.45, 2.75) is 31.5 Å². The summed E-state index contributed by atoms with van der Waals surface area (Å²) in [6, 6.07) is 16.4. The van der Waals surface area contributed by atoms with Crippen LogP contribution in [0.4, 0.5) is 0 Å². The number of hydrogen-bond donors (Lipinski definition) is 0. The molecule has 0 bridgehead atoms. The van der Waals surface area contributed by atoms with Crippen molar-refractivity contribution in [3.05, 3.63) is 88.4 Å². The Morgan fingerprint density at radius 1 is 1.12 bits per heavy atom. The number of hydrogen-bond acceptors (Lipinski definition) is 2. The highest BCUT2D eigenvalue weighted by molar-refractivity contribution is 9.10. The molecule has 4 heteroatoms. The third kappa shape index (κ3) is 3.47. The minimum atomic E-state index is 0.0718. The third-order valence-electron chi connectivity index (χ3n) is 4.88. The molecule has 2 unspecified atom stereocenters. The van der Waals surface area contributed by atoms with E-state index in [0.717, 1.165) is 27.8 Å². The zero-order chi connectivity index (χ0) is 17.9. The number of halogens is 1. The van der Waals surface area contributed by atoms with Crippen LogP contribution in [-0.2, 0) is 11.4 Å². The maximum atomic E-state index is 12.3. The van der Waals surface area contributed by atoms with Gasteiger partial charge in [0.05, 0.1) is 18.5 Å². The first-order chi connectivity index (χ1) is 12.7. The molecule has 2 atom stereocenters. The Kier molecular flexibility index (Phi) is 4.93.